The fourth-order valence-corrected chi connectivity index (χ4v) is 5.00. The van der Waals surface area contributed by atoms with Gasteiger partial charge in [-0.3, -0.25) is 9.59 Å². The highest BCUT2D eigenvalue weighted by Gasteiger charge is 2.11. The smallest absolute Gasteiger partial charge is 0.308 e. The quantitative estimate of drug-likeness (QED) is 0.188. The first-order valence-corrected chi connectivity index (χ1v) is 20.0. The van der Waals surface area contributed by atoms with Crippen molar-refractivity contribution in [3.05, 3.63) is 23.8 Å². The molecule has 0 spiro atoms. The zero-order valence-corrected chi connectivity index (χ0v) is 37.1. The lowest BCUT2D eigenvalue weighted by Crippen LogP contribution is -2.16. The summed E-state index contributed by atoms with van der Waals surface area (Å²) in [5.41, 5.74) is 2.28. The van der Waals surface area contributed by atoms with E-state index in [-0.39, 0.29) is 18.0 Å². The van der Waals surface area contributed by atoms with Crippen LogP contribution in [0.5, 0.6) is 0 Å². The number of aromatic nitrogens is 6. The Labute approximate surface area is 313 Å². The average molecular weight is 725 g/mol. The molecule has 0 fully saturated rings. The van der Waals surface area contributed by atoms with Crippen LogP contribution in [0.4, 0.5) is 0 Å². The second-order valence-corrected chi connectivity index (χ2v) is 18.2. The lowest BCUT2D eigenvalue weighted by Gasteiger charge is -2.16. The van der Waals surface area contributed by atoms with E-state index < -0.39 is 0 Å². The second kappa shape index (κ2) is 28.4. The van der Waals surface area contributed by atoms with Crippen LogP contribution in [0.2, 0.25) is 0 Å². The molecule has 0 saturated heterocycles. The zero-order chi connectivity index (χ0) is 39.9. The fourth-order valence-electron chi connectivity index (χ4n) is 3.82. The molecule has 10 heteroatoms. The molecule has 50 heavy (non-hydrogen) atoms. The maximum Gasteiger partial charge on any atom is 0.308 e. The van der Waals surface area contributed by atoms with Crippen molar-refractivity contribution in [3.63, 3.8) is 0 Å². The number of carbonyl (C=O) groups is 2. The van der Waals surface area contributed by atoms with Gasteiger partial charge in [0.05, 0.1) is 29.6 Å². The molecule has 294 valence electrons. The van der Waals surface area contributed by atoms with Gasteiger partial charge in [0.1, 0.15) is 5.78 Å². The van der Waals surface area contributed by atoms with Crippen molar-refractivity contribution in [2.24, 2.45) is 23.7 Å². The van der Waals surface area contributed by atoms with Crippen LogP contribution in [-0.2, 0) is 14.3 Å². The third kappa shape index (κ3) is 28.5. The van der Waals surface area contributed by atoms with Crippen LogP contribution in [0.15, 0.2) is 12.4 Å². The van der Waals surface area contributed by atoms with Crippen molar-refractivity contribution in [1.82, 2.24) is 30.0 Å². The Kier molecular flexibility index (Phi) is 29.6. The first-order valence-electron chi connectivity index (χ1n) is 19.0. The monoisotopic (exact) mass is 725 g/mol. The molecule has 2 rings (SSSR count). The topological polar surface area (TPSA) is 105 Å². The van der Waals surface area contributed by atoms with Gasteiger partial charge in [-0.25, -0.2) is 9.36 Å². The molecule has 0 aliphatic heterocycles. The molecule has 1 atom stereocenters. The van der Waals surface area contributed by atoms with Crippen LogP contribution in [0.25, 0.3) is 0 Å². The molecule has 0 saturated carbocycles. The summed E-state index contributed by atoms with van der Waals surface area (Å²) < 4.78 is 8.72. The number of esters is 1. The minimum atomic E-state index is -0.120. The molecule has 2 heterocycles. The Hall–Kier alpha value is -2.23. The van der Waals surface area contributed by atoms with Crippen molar-refractivity contribution >= 4 is 23.5 Å². The molecule has 0 radical (unpaired) electrons. The number of nitrogens with zero attached hydrogens (tertiary/aromatic N) is 6. The fraction of sp³-hybridized carbons (Fsp3) is 0.850. The van der Waals surface area contributed by atoms with E-state index in [2.05, 4.69) is 150 Å². The Morgan fingerprint density at radius 2 is 1.20 bits per heavy atom. The largest absolute Gasteiger partial charge is 0.463 e. The van der Waals surface area contributed by atoms with E-state index in [1.165, 1.54) is 5.69 Å². The summed E-state index contributed by atoms with van der Waals surface area (Å²) in [5, 5.41) is 17.5. The highest BCUT2D eigenvalue weighted by Crippen LogP contribution is 2.22. The highest BCUT2D eigenvalue weighted by molar-refractivity contribution is 8.00. The van der Waals surface area contributed by atoms with E-state index in [4.69, 9.17) is 4.74 Å². The first kappa shape index (κ1) is 52.1. The van der Waals surface area contributed by atoms with Gasteiger partial charge in [-0.1, -0.05) is 114 Å². The van der Waals surface area contributed by atoms with Gasteiger partial charge >= 0.3 is 5.97 Å². The number of hydrogen-bond acceptors (Lipinski definition) is 8. The molecule has 2 aromatic rings. The van der Waals surface area contributed by atoms with Gasteiger partial charge in [0, 0.05) is 36.4 Å². The van der Waals surface area contributed by atoms with Gasteiger partial charge in [0.2, 0.25) is 0 Å². The zero-order valence-electron chi connectivity index (χ0n) is 36.2. The minimum absolute atomic E-state index is 0.00704. The van der Waals surface area contributed by atoms with Crippen molar-refractivity contribution in [2.45, 2.75) is 199 Å². The van der Waals surface area contributed by atoms with Gasteiger partial charge in [-0.2, -0.15) is 11.8 Å². The molecule has 0 bridgehead atoms. The summed E-state index contributed by atoms with van der Waals surface area (Å²) in [6.07, 6.45) is 5.36. The predicted octanol–water partition coefficient (Wildman–Crippen LogP) is 11.4. The third-order valence-electron chi connectivity index (χ3n) is 6.85. The Morgan fingerprint density at radius 3 is 1.42 bits per heavy atom. The maximum atomic E-state index is 11.1. The molecular formula is C40H80N6O3S. The van der Waals surface area contributed by atoms with E-state index in [0.717, 1.165) is 35.0 Å². The van der Waals surface area contributed by atoms with Crippen LogP contribution in [0, 0.1) is 23.7 Å². The van der Waals surface area contributed by atoms with Crippen molar-refractivity contribution in [1.29, 1.82) is 0 Å². The maximum absolute atomic E-state index is 11.1. The molecule has 0 aromatic carbocycles. The molecule has 0 aliphatic rings. The SMILES string of the molecule is CC(C)CC(=O)CC(C)C.CC(C)OC(=O)C(C)C.CC(C)SC(C)C(C)C.CC(C)c1cn(C(C)C)nn1.CC(C)c1cnnn1C(C)C. The Bertz CT molecular complexity index is 1060. The molecule has 0 aliphatic carbocycles. The van der Waals surface area contributed by atoms with Crippen molar-refractivity contribution in [2.75, 3.05) is 0 Å². The number of thioether (sulfide) groups is 1. The standard InChI is InChI=1S/C9H18O.2C8H15N3.C8H18S.C7H14O2/c1-7(2)5-9(10)6-8(3)4;1-6(2)8-5-11(7(3)4)10-9-8;1-6(2)8-5-9-10-11(8)7(3)4;1-6(2)8(5)9-7(3)4;1-5(2)7(8)9-6(3)4/h7-8H,5-6H2,1-4H3;2*5-7H,1-4H3;6-8H,1-5H3;5-6H,1-4H3. The van der Waals surface area contributed by atoms with Crippen molar-refractivity contribution in [3.8, 4) is 0 Å². The molecule has 2 aromatic heterocycles. The number of rotatable bonds is 13. The van der Waals surface area contributed by atoms with E-state index in [9.17, 15) is 9.59 Å². The van der Waals surface area contributed by atoms with Gasteiger partial charge < -0.3 is 4.74 Å². The summed E-state index contributed by atoms with van der Waals surface area (Å²) in [6.45, 7) is 44.0. The minimum Gasteiger partial charge on any atom is -0.463 e. The van der Waals surface area contributed by atoms with Gasteiger partial charge in [-0.05, 0) is 76.4 Å². The predicted molar refractivity (Wildman–Crippen MR) is 216 cm³/mol. The lowest BCUT2D eigenvalue weighted by atomic mass is 10.00. The van der Waals surface area contributed by atoms with Crippen LogP contribution < -0.4 is 0 Å². The summed E-state index contributed by atoms with van der Waals surface area (Å²) in [4.78, 5) is 21.8. The van der Waals surface area contributed by atoms with Gasteiger partial charge in [-0.15, -0.1) is 10.2 Å². The lowest BCUT2D eigenvalue weighted by molar-refractivity contribution is -0.151. The highest BCUT2D eigenvalue weighted by atomic mass is 32.2. The second-order valence-electron chi connectivity index (χ2n) is 16.2. The Morgan fingerprint density at radius 1 is 0.700 bits per heavy atom. The number of ketones is 1. The van der Waals surface area contributed by atoms with Crippen LogP contribution >= 0.6 is 11.8 Å². The normalized spacial score (nSPS) is 11.8. The van der Waals surface area contributed by atoms with E-state index in [0.29, 0.717) is 41.5 Å². The molecule has 0 N–H and O–H groups in total. The summed E-state index contributed by atoms with van der Waals surface area (Å²) in [5.74, 6) is 3.12. The van der Waals surface area contributed by atoms with Crippen LogP contribution in [0.3, 0.4) is 0 Å². The molecule has 0 amide bonds. The van der Waals surface area contributed by atoms with Crippen molar-refractivity contribution < 1.29 is 14.3 Å². The van der Waals surface area contributed by atoms with Gasteiger partial charge in [0.25, 0.3) is 0 Å². The summed E-state index contributed by atoms with van der Waals surface area (Å²) >= 11 is 2.06. The number of ether oxygens (including phenoxy) is 1. The van der Waals surface area contributed by atoms with E-state index >= 15 is 0 Å². The number of carbonyl (C=O) groups excluding carboxylic acids is 2. The molecule has 1 unspecified atom stereocenters. The first-order chi connectivity index (χ1) is 22.8. The number of hydrogen-bond donors (Lipinski definition) is 0. The van der Waals surface area contributed by atoms with E-state index in [1.54, 1.807) is 0 Å². The van der Waals surface area contributed by atoms with E-state index in [1.807, 2.05) is 49.5 Å². The summed E-state index contributed by atoms with van der Waals surface area (Å²) in [7, 11) is 0. The Balaban J connectivity index is -0.000000554. The van der Waals surface area contributed by atoms with Crippen LogP contribution in [0.1, 0.15) is 194 Å². The molecule has 9 nitrogen and oxygen atoms in total. The number of Topliss-reactive ketones (excluding diaryl/α,β-unsaturated/α-hetero) is 1. The van der Waals surface area contributed by atoms with Crippen LogP contribution in [-0.4, -0.2) is 58.3 Å². The molecular weight excluding hydrogens is 645 g/mol. The third-order valence-corrected chi connectivity index (χ3v) is 8.37. The average Bonchev–Trinajstić information content (AvgIpc) is 3.64. The van der Waals surface area contributed by atoms with Gasteiger partial charge in [0.15, 0.2) is 0 Å². The summed E-state index contributed by atoms with van der Waals surface area (Å²) in [6, 6.07) is 0.824.